The van der Waals surface area contributed by atoms with Gasteiger partial charge in [0.05, 0.1) is 16.5 Å². The number of hydrogen-bond acceptors (Lipinski definition) is 4. The van der Waals surface area contributed by atoms with Crippen LogP contribution in [0.5, 0.6) is 0 Å². The highest BCUT2D eigenvalue weighted by Crippen LogP contribution is 2.19. The first kappa shape index (κ1) is 20.1. The molecule has 1 fully saturated rings. The Balaban J connectivity index is 1.55. The van der Waals surface area contributed by atoms with E-state index in [1.54, 1.807) is 4.90 Å². The fourth-order valence-electron chi connectivity index (χ4n) is 3.31. The van der Waals surface area contributed by atoms with Crippen LogP contribution in [0.1, 0.15) is 23.1 Å². The van der Waals surface area contributed by atoms with Crippen molar-refractivity contribution in [1.29, 1.82) is 5.26 Å². The molecule has 2 aromatic rings. The number of nitriles is 1. The highest BCUT2D eigenvalue weighted by Gasteiger charge is 2.29. The number of piperazine rings is 1. The minimum Gasteiger partial charge on any atom is -0.340 e. The van der Waals surface area contributed by atoms with Crippen LogP contribution < -0.4 is 0 Å². The van der Waals surface area contributed by atoms with Crippen molar-refractivity contribution in [2.45, 2.75) is 24.7 Å². The van der Waals surface area contributed by atoms with Crippen LogP contribution in [0, 0.1) is 18.3 Å². The number of benzene rings is 2. The first-order valence-corrected chi connectivity index (χ1v) is 10.7. The molecule has 0 radical (unpaired) electrons. The molecule has 3 rings (SSSR count). The summed E-state index contributed by atoms with van der Waals surface area (Å²) in [5.74, 6) is 0.0527. The molecule has 0 aromatic heterocycles. The third-order valence-corrected chi connectivity index (χ3v) is 6.84. The standard InChI is InChI=1S/C21H23N3O3S/c1-17-3-2-4-18(15-17)7-10-21(25)23-11-13-24(14-12-23)28(26,27)20-8-5-19(16-22)6-9-20/h2-6,8-9,15H,7,10-14H2,1H3. The van der Waals surface area contributed by atoms with E-state index >= 15 is 0 Å². The molecule has 0 saturated carbocycles. The molecule has 1 saturated heterocycles. The molecule has 0 bridgehead atoms. The first-order valence-electron chi connectivity index (χ1n) is 9.24. The van der Waals surface area contributed by atoms with Crippen LogP contribution in [-0.2, 0) is 21.2 Å². The molecule has 1 aliphatic rings. The SMILES string of the molecule is Cc1cccc(CCC(=O)N2CCN(S(=O)(=O)c3ccc(C#N)cc3)CC2)c1. The average Bonchev–Trinajstić information content (AvgIpc) is 2.72. The zero-order valence-electron chi connectivity index (χ0n) is 15.8. The molecule has 1 heterocycles. The maximum Gasteiger partial charge on any atom is 0.243 e. The third kappa shape index (κ3) is 4.58. The van der Waals surface area contributed by atoms with E-state index in [9.17, 15) is 13.2 Å². The number of aryl methyl sites for hydroxylation is 2. The van der Waals surface area contributed by atoms with Gasteiger partial charge in [0.25, 0.3) is 0 Å². The van der Waals surface area contributed by atoms with Crippen molar-refractivity contribution in [1.82, 2.24) is 9.21 Å². The summed E-state index contributed by atoms with van der Waals surface area (Å²) in [6, 6.07) is 16.0. The maximum absolute atomic E-state index is 12.7. The topological polar surface area (TPSA) is 81.5 Å². The highest BCUT2D eigenvalue weighted by atomic mass is 32.2. The molecular weight excluding hydrogens is 374 g/mol. The molecule has 1 aliphatic heterocycles. The number of nitrogens with zero attached hydrogens (tertiary/aromatic N) is 3. The third-order valence-electron chi connectivity index (χ3n) is 4.92. The van der Waals surface area contributed by atoms with Crippen molar-refractivity contribution in [2.75, 3.05) is 26.2 Å². The van der Waals surface area contributed by atoms with Gasteiger partial charge in [-0.3, -0.25) is 4.79 Å². The second kappa shape index (κ2) is 8.55. The van der Waals surface area contributed by atoms with Gasteiger partial charge in [-0.1, -0.05) is 29.8 Å². The molecule has 7 heteroatoms. The van der Waals surface area contributed by atoms with E-state index in [0.29, 0.717) is 31.5 Å². The van der Waals surface area contributed by atoms with E-state index in [4.69, 9.17) is 5.26 Å². The largest absolute Gasteiger partial charge is 0.340 e. The van der Waals surface area contributed by atoms with Crippen LogP contribution in [0.15, 0.2) is 53.4 Å². The predicted octanol–water partition coefficient (Wildman–Crippen LogP) is 2.33. The van der Waals surface area contributed by atoms with Gasteiger partial charge in [0.2, 0.25) is 15.9 Å². The number of rotatable bonds is 5. The quantitative estimate of drug-likeness (QED) is 0.775. The molecular formula is C21H23N3O3S. The summed E-state index contributed by atoms with van der Waals surface area (Å²) in [6.45, 7) is 3.36. The fourth-order valence-corrected chi connectivity index (χ4v) is 4.73. The molecule has 6 nitrogen and oxygen atoms in total. The monoisotopic (exact) mass is 397 g/mol. The number of carbonyl (C=O) groups excluding carboxylic acids is 1. The van der Waals surface area contributed by atoms with Gasteiger partial charge >= 0.3 is 0 Å². The zero-order chi connectivity index (χ0) is 20.1. The van der Waals surface area contributed by atoms with Crippen LogP contribution >= 0.6 is 0 Å². The Kier molecular flexibility index (Phi) is 6.12. The summed E-state index contributed by atoms with van der Waals surface area (Å²) in [7, 11) is -3.61. The lowest BCUT2D eigenvalue weighted by atomic mass is 10.1. The minimum absolute atomic E-state index is 0.0527. The van der Waals surface area contributed by atoms with Gasteiger partial charge in [-0.05, 0) is 43.2 Å². The fraction of sp³-hybridized carbons (Fsp3) is 0.333. The van der Waals surface area contributed by atoms with Crippen molar-refractivity contribution < 1.29 is 13.2 Å². The Morgan fingerprint density at radius 3 is 2.36 bits per heavy atom. The lowest BCUT2D eigenvalue weighted by Crippen LogP contribution is -2.50. The van der Waals surface area contributed by atoms with Crippen LogP contribution in [0.25, 0.3) is 0 Å². The number of carbonyl (C=O) groups is 1. The van der Waals surface area contributed by atoms with Crippen LogP contribution in [0.2, 0.25) is 0 Å². The van der Waals surface area contributed by atoms with Crippen molar-refractivity contribution >= 4 is 15.9 Å². The highest BCUT2D eigenvalue weighted by molar-refractivity contribution is 7.89. The van der Waals surface area contributed by atoms with Crippen LogP contribution in [0.4, 0.5) is 0 Å². The van der Waals surface area contributed by atoms with Gasteiger partial charge in [0.1, 0.15) is 0 Å². The Hall–Kier alpha value is -2.69. The van der Waals surface area contributed by atoms with E-state index < -0.39 is 10.0 Å². The number of sulfonamides is 1. The van der Waals surface area contributed by atoms with E-state index in [1.807, 2.05) is 31.2 Å². The van der Waals surface area contributed by atoms with Crippen LogP contribution in [-0.4, -0.2) is 49.7 Å². The molecule has 0 atom stereocenters. The van der Waals surface area contributed by atoms with E-state index in [1.165, 1.54) is 34.1 Å². The van der Waals surface area contributed by atoms with E-state index in [2.05, 4.69) is 6.07 Å². The van der Waals surface area contributed by atoms with Gasteiger partial charge in [-0.2, -0.15) is 9.57 Å². The van der Waals surface area contributed by atoms with Crippen molar-refractivity contribution in [3.8, 4) is 6.07 Å². The molecule has 0 unspecified atom stereocenters. The Labute approximate surface area is 166 Å². The summed E-state index contributed by atoms with van der Waals surface area (Å²) in [6.07, 6.45) is 1.11. The van der Waals surface area contributed by atoms with Gasteiger partial charge in [0, 0.05) is 32.6 Å². The minimum atomic E-state index is -3.61. The summed E-state index contributed by atoms with van der Waals surface area (Å²) >= 11 is 0. The average molecular weight is 398 g/mol. The lowest BCUT2D eigenvalue weighted by Gasteiger charge is -2.34. The molecule has 2 aromatic carbocycles. The normalized spacial score (nSPS) is 15.2. The summed E-state index contributed by atoms with van der Waals surface area (Å²) in [5.41, 5.74) is 2.73. The second-order valence-electron chi connectivity index (χ2n) is 6.91. The Bertz CT molecular complexity index is 986. The van der Waals surface area contributed by atoms with Gasteiger partial charge in [-0.15, -0.1) is 0 Å². The van der Waals surface area contributed by atoms with Gasteiger partial charge in [0.15, 0.2) is 0 Å². The maximum atomic E-state index is 12.7. The molecule has 28 heavy (non-hydrogen) atoms. The molecule has 0 N–H and O–H groups in total. The molecule has 0 spiro atoms. The van der Waals surface area contributed by atoms with Crippen molar-refractivity contribution in [3.63, 3.8) is 0 Å². The first-order chi connectivity index (χ1) is 13.4. The Morgan fingerprint density at radius 2 is 1.75 bits per heavy atom. The number of amides is 1. The van der Waals surface area contributed by atoms with E-state index in [-0.39, 0.29) is 23.9 Å². The molecule has 0 aliphatic carbocycles. The lowest BCUT2D eigenvalue weighted by molar-refractivity contribution is -0.132. The van der Waals surface area contributed by atoms with Gasteiger partial charge in [-0.25, -0.2) is 8.42 Å². The van der Waals surface area contributed by atoms with Crippen molar-refractivity contribution in [2.24, 2.45) is 0 Å². The predicted molar refractivity (Wildman–Crippen MR) is 106 cm³/mol. The summed E-state index contributed by atoms with van der Waals surface area (Å²) in [4.78, 5) is 14.4. The molecule has 1 amide bonds. The Morgan fingerprint density at radius 1 is 1.07 bits per heavy atom. The van der Waals surface area contributed by atoms with Crippen LogP contribution in [0.3, 0.4) is 0 Å². The number of hydrogen-bond donors (Lipinski definition) is 0. The smallest absolute Gasteiger partial charge is 0.243 e. The van der Waals surface area contributed by atoms with E-state index in [0.717, 1.165) is 5.56 Å². The molecule has 146 valence electrons. The summed E-state index contributed by atoms with van der Waals surface area (Å²) < 4.78 is 26.9. The zero-order valence-corrected chi connectivity index (χ0v) is 16.7. The summed E-state index contributed by atoms with van der Waals surface area (Å²) in [5, 5.41) is 8.84. The second-order valence-corrected chi connectivity index (χ2v) is 8.85. The van der Waals surface area contributed by atoms with Crippen molar-refractivity contribution in [3.05, 3.63) is 65.2 Å². The van der Waals surface area contributed by atoms with Gasteiger partial charge < -0.3 is 4.90 Å².